The third kappa shape index (κ3) is 2.54. The van der Waals surface area contributed by atoms with E-state index in [1.807, 2.05) is 6.92 Å². The molecule has 0 radical (unpaired) electrons. The lowest BCUT2D eigenvalue weighted by molar-refractivity contribution is 0.195. The molecule has 6 nitrogen and oxygen atoms in total. The van der Waals surface area contributed by atoms with Crippen LogP contribution in [0.3, 0.4) is 0 Å². The Morgan fingerprint density at radius 3 is 2.68 bits per heavy atom. The SMILES string of the molecule is Cc1nc(S(=O)(=O)N2C(C)CCCC2CN)cn1C. The van der Waals surface area contributed by atoms with E-state index in [0.29, 0.717) is 12.4 Å². The number of hydrogen-bond acceptors (Lipinski definition) is 4. The maximum Gasteiger partial charge on any atom is 0.262 e. The second-order valence-electron chi connectivity index (χ2n) is 5.24. The molecule has 0 spiro atoms. The number of aromatic nitrogens is 2. The number of hydrogen-bond donors (Lipinski definition) is 1. The molecule has 0 aromatic carbocycles. The molecule has 0 saturated carbocycles. The number of aryl methyl sites for hydroxylation is 2. The largest absolute Gasteiger partial charge is 0.337 e. The molecule has 2 N–H and O–H groups in total. The van der Waals surface area contributed by atoms with Crippen LogP contribution in [-0.2, 0) is 17.1 Å². The fraction of sp³-hybridized carbons (Fsp3) is 0.750. The van der Waals surface area contributed by atoms with E-state index in [9.17, 15) is 8.42 Å². The lowest BCUT2D eigenvalue weighted by atomic mass is 10.00. The second kappa shape index (κ2) is 5.22. The first kappa shape index (κ1) is 14.5. The highest BCUT2D eigenvalue weighted by atomic mass is 32.2. The maximum atomic E-state index is 12.7. The summed E-state index contributed by atoms with van der Waals surface area (Å²) >= 11 is 0. The Morgan fingerprint density at radius 1 is 1.47 bits per heavy atom. The Bertz CT molecular complexity index is 533. The van der Waals surface area contributed by atoms with Crippen molar-refractivity contribution in [2.24, 2.45) is 12.8 Å². The molecule has 0 aliphatic carbocycles. The summed E-state index contributed by atoms with van der Waals surface area (Å²) in [6.45, 7) is 4.09. The predicted octanol–water partition coefficient (Wildman–Crippen LogP) is 0.619. The fourth-order valence-electron chi connectivity index (χ4n) is 2.68. The molecule has 2 heterocycles. The van der Waals surface area contributed by atoms with Crippen LogP contribution in [0.1, 0.15) is 32.0 Å². The van der Waals surface area contributed by atoms with Gasteiger partial charge in [-0.2, -0.15) is 4.31 Å². The number of piperidine rings is 1. The van der Waals surface area contributed by atoms with E-state index in [0.717, 1.165) is 19.3 Å². The van der Waals surface area contributed by atoms with Gasteiger partial charge in [0.05, 0.1) is 0 Å². The van der Waals surface area contributed by atoms with Crippen LogP contribution in [-0.4, -0.2) is 40.9 Å². The molecule has 108 valence electrons. The molecule has 2 atom stereocenters. The summed E-state index contributed by atoms with van der Waals surface area (Å²) in [5, 5.41) is 0.125. The lowest BCUT2D eigenvalue weighted by Crippen LogP contribution is -2.51. The van der Waals surface area contributed by atoms with Gasteiger partial charge in [0, 0.05) is 31.9 Å². The molecule has 0 bridgehead atoms. The maximum absolute atomic E-state index is 12.7. The van der Waals surface area contributed by atoms with Crippen molar-refractivity contribution in [2.75, 3.05) is 6.54 Å². The monoisotopic (exact) mass is 286 g/mol. The number of nitrogens with two attached hydrogens (primary N) is 1. The highest BCUT2D eigenvalue weighted by Crippen LogP contribution is 2.28. The minimum absolute atomic E-state index is 0.0189. The molecule has 2 rings (SSSR count). The van der Waals surface area contributed by atoms with E-state index in [4.69, 9.17) is 5.73 Å². The van der Waals surface area contributed by atoms with Crippen LogP contribution in [0.4, 0.5) is 0 Å². The molecule has 7 heteroatoms. The molecule has 0 amide bonds. The van der Waals surface area contributed by atoms with Gasteiger partial charge in [0.2, 0.25) is 0 Å². The molecule has 1 aromatic rings. The Kier molecular flexibility index (Phi) is 3.98. The lowest BCUT2D eigenvalue weighted by Gasteiger charge is -2.38. The predicted molar refractivity (Wildman–Crippen MR) is 73.1 cm³/mol. The molecule has 1 fully saturated rings. The normalized spacial score (nSPS) is 25.7. The van der Waals surface area contributed by atoms with Crippen molar-refractivity contribution in [3.8, 4) is 0 Å². The van der Waals surface area contributed by atoms with Gasteiger partial charge in [-0.25, -0.2) is 13.4 Å². The van der Waals surface area contributed by atoms with Gasteiger partial charge in [0.1, 0.15) is 5.82 Å². The van der Waals surface area contributed by atoms with Gasteiger partial charge in [0.25, 0.3) is 10.0 Å². The van der Waals surface area contributed by atoms with E-state index in [2.05, 4.69) is 4.98 Å². The Balaban J connectivity index is 2.41. The first-order valence-electron chi connectivity index (χ1n) is 6.61. The van der Waals surface area contributed by atoms with Crippen molar-refractivity contribution in [3.05, 3.63) is 12.0 Å². The summed E-state index contributed by atoms with van der Waals surface area (Å²) in [6.07, 6.45) is 4.29. The number of rotatable bonds is 3. The van der Waals surface area contributed by atoms with Crippen molar-refractivity contribution in [1.82, 2.24) is 13.9 Å². The molecular weight excluding hydrogens is 264 g/mol. The molecular formula is C12H22N4O2S. The average Bonchev–Trinajstić information content (AvgIpc) is 2.69. The Labute approximate surface area is 114 Å². The highest BCUT2D eigenvalue weighted by Gasteiger charge is 2.38. The van der Waals surface area contributed by atoms with Crippen LogP contribution in [0.2, 0.25) is 0 Å². The van der Waals surface area contributed by atoms with E-state index < -0.39 is 10.0 Å². The second-order valence-corrected chi connectivity index (χ2v) is 7.03. The first-order chi connectivity index (χ1) is 8.87. The van der Waals surface area contributed by atoms with Crippen molar-refractivity contribution in [2.45, 2.75) is 50.2 Å². The van der Waals surface area contributed by atoms with Crippen molar-refractivity contribution in [1.29, 1.82) is 0 Å². The van der Waals surface area contributed by atoms with Crippen LogP contribution in [0.15, 0.2) is 11.2 Å². The summed E-state index contributed by atoms with van der Waals surface area (Å²) in [5.74, 6) is 0.688. The first-order valence-corrected chi connectivity index (χ1v) is 8.05. The van der Waals surface area contributed by atoms with Crippen LogP contribution >= 0.6 is 0 Å². The third-order valence-corrected chi connectivity index (χ3v) is 5.79. The minimum Gasteiger partial charge on any atom is -0.337 e. The topological polar surface area (TPSA) is 81.2 Å². The zero-order valence-electron chi connectivity index (χ0n) is 11.7. The fourth-order valence-corrected chi connectivity index (χ4v) is 4.59. The van der Waals surface area contributed by atoms with E-state index in [1.54, 1.807) is 29.0 Å². The van der Waals surface area contributed by atoms with Gasteiger partial charge >= 0.3 is 0 Å². The van der Waals surface area contributed by atoms with Crippen LogP contribution in [0, 0.1) is 6.92 Å². The molecule has 1 aliphatic rings. The Hall–Kier alpha value is -0.920. The summed E-state index contributed by atoms with van der Waals surface area (Å²) in [5.41, 5.74) is 5.73. The van der Waals surface area contributed by atoms with Gasteiger partial charge in [-0.3, -0.25) is 0 Å². The van der Waals surface area contributed by atoms with Crippen molar-refractivity contribution >= 4 is 10.0 Å². The zero-order valence-corrected chi connectivity index (χ0v) is 12.5. The van der Waals surface area contributed by atoms with Crippen LogP contribution < -0.4 is 5.73 Å². The summed E-state index contributed by atoms with van der Waals surface area (Å²) in [6, 6.07) is -0.134. The standard InChI is InChI=1S/C12H22N4O2S/c1-9-5-4-6-11(7-13)16(9)19(17,18)12-8-15(3)10(2)14-12/h8-9,11H,4-7,13H2,1-3H3. The molecule has 19 heavy (non-hydrogen) atoms. The summed E-state index contributed by atoms with van der Waals surface area (Å²) in [7, 11) is -1.76. The van der Waals surface area contributed by atoms with E-state index in [1.165, 1.54) is 0 Å². The molecule has 1 saturated heterocycles. The Morgan fingerprint density at radius 2 is 2.16 bits per heavy atom. The number of imidazole rings is 1. The van der Waals surface area contributed by atoms with Gasteiger partial charge in [0.15, 0.2) is 5.03 Å². The number of nitrogens with zero attached hydrogens (tertiary/aromatic N) is 3. The quantitative estimate of drug-likeness (QED) is 0.883. The van der Waals surface area contributed by atoms with Crippen molar-refractivity contribution < 1.29 is 8.42 Å². The third-order valence-electron chi connectivity index (χ3n) is 3.85. The van der Waals surface area contributed by atoms with Gasteiger partial charge < -0.3 is 10.3 Å². The highest BCUT2D eigenvalue weighted by molar-refractivity contribution is 7.89. The van der Waals surface area contributed by atoms with E-state index in [-0.39, 0.29) is 17.1 Å². The summed E-state index contributed by atoms with van der Waals surface area (Å²) in [4.78, 5) is 4.15. The van der Waals surface area contributed by atoms with Crippen LogP contribution in [0.25, 0.3) is 0 Å². The molecule has 2 unspecified atom stereocenters. The zero-order chi connectivity index (χ0) is 14.2. The van der Waals surface area contributed by atoms with Crippen molar-refractivity contribution in [3.63, 3.8) is 0 Å². The van der Waals surface area contributed by atoms with Gasteiger partial charge in [-0.1, -0.05) is 6.42 Å². The van der Waals surface area contributed by atoms with E-state index >= 15 is 0 Å². The average molecular weight is 286 g/mol. The van der Waals surface area contributed by atoms with Crippen LogP contribution in [0.5, 0.6) is 0 Å². The molecule has 1 aromatic heterocycles. The smallest absolute Gasteiger partial charge is 0.262 e. The number of sulfonamides is 1. The van der Waals surface area contributed by atoms with Gasteiger partial charge in [-0.05, 0) is 26.7 Å². The summed E-state index contributed by atoms with van der Waals surface area (Å²) < 4.78 is 28.7. The minimum atomic E-state index is -3.55. The van der Waals surface area contributed by atoms with Gasteiger partial charge in [-0.15, -0.1) is 0 Å². The molecule has 1 aliphatic heterocycles.